The van der Waals surface area contributed by atoms with Gasteiger partial charge in [0.15, 0.2) is 11.0 Å². The molecule has 0 aliphatic heterocycles. The molecule has 1 aliphatic carbocycles. The number of carbonyl (C=O) groups is 1. The average Bonchev–Trinajstić information content (AvgIpc) is 3.43. The zero-order chi connectivity index (χ0) is 26.0. The highest BCUT2D eigenvalue weighted by Gasteiger charge is 2.21. The predicted molar refractivity (Wildman–Crippen MR) is 150 cm³/mol. The minimum Gasteiger partial charge on any atom is -0.494 e. The minimum atomic E-state index is -0.154. The first-order chi connectivity index (χ1) is 18.1. The summed E-state index contributed by atoms with van der Waals surface area (Å²) in [5.74, 6) is 1.57. The van der Waals surface area contributed by atoms with E-state index in [1.807, 2.05) is 28.8 Å². The molecule has 0 spiro atoms. The van der Waals surface area contributed by atoms with E-state index < -0.39 is 0 Å². The van der Waals surface area contributed by atoms with Crippen molar-refractivity contribution in [2.75, 3.05) is 17.7 Å². The van der Waals surface area contributed by atoms with Gasteiger partial charge in [-0.15, -0.1) is 28.1 Å². The molecule has 0 atom stereocenters. The van der Waals surface area contributed by atoms with Crippen LogP contribution in [0.3, 0.4) is 0 Å². The molecule has 2 aromatic heterocycles. The fraction of sp³-hybridized carbons (Fsp3) is 0.429. The summed E-state index contributed by atoms with van der Waals surface area (Å²) in [7, 11) is 0. The molecule has 0 unspecified atom stereocenters. The molecule has 4 rings (SSSR count). The number of allylic oxidation sites excluding steroid dienone is 1. The Kier molecular flexibility index (Phi) is 9.80. The van der Waals surface area contributed by atoms with Crippen LogP contribution in [0.1, 0.15) is 61.5 Å². The number of nitrogens with zero attached hydrogens (tertiary/aromatic N) is 4. The van der Waals surface area contributed by atoms with E-state index in [2.05, 4.69) is 35.1 Å². The van der Waals surface area contributed by atoms with Crippen LogP contribution in [0, 0.1) is 11.3 Å². The van der Waals surface area contributed by atoms with Crippen LogP contribution in [-0.4, -0.2) is 33.0 Å². The van der Waals surface area contributed by atoms with Gasteiger partial charge in [0.25, 0.3) is 0 Å². The van der Waals surface area contributed by atoms with Crippen molar-refractivity contribution in [2.45, 2.75) is 70.0 Å². The summed E-state index contributed by atoms with van der Waals surface area (Å²) >= 11 is 2.89. The molecule has 7 nitrogen and oxygen atoms in total. The number of aromatic nitrogens is 3. The van der Waals surface area contributed by atoms with Crippen molar-refractivity contribution in [1.82, 2.24) is 14.8 Å². The molecule has 2 heterocycles. The number of nitriles is 1. The van der Waals surface area contributed by atoms with Gasteiger partial charge in [-0.3, -0.25) is 9.36 Å². The van der Waals surface area contributed by atoms with Gasteiger partial charge in [0.05, 0.1) is 17.9 Å². The summed E-state index contributed by atoms with van der Waals surface area (Å²) < 4.78 is 7.72. The molecule has 0 fully saturated rings. The van der Waals surface area contributed by atoms with Crippen LogP contribution in [0.2, 0.25) is 0 Å². The number of unbranched alkanes of at least 4 members (excludes halogenated alkanes) is 1. The van der Waals surface area contributed by atoms with E-state index in [4.69, 9.17) is 4.74 Å². The number of thioether (sulfide) groups is 1. The second kappa shape index (κ2) is 13.5. The van der Waals surface area contributed by atoms with Crippen LogP contribution in [-0.2, 0) is 24.2 Å². The Bertz CT molecular complexity index is 1260. The lowest BCUT2D eigenvalue weighted by Gasteiger charge is -2.09. The third-order valence-corrected chi connectivity index (χ3v) is 8.45. The number of aryl methyl sites for hydroxylation is 1. The zero-order valence-corrected chi connectivity index (χ0v) is 22.9. The Morgan fingerprint density at radius 1 is 1.24 bits per heavy atom. The first-order valence-electron chi connectivity index (χ1n) is 12.9. The molecule has 0 saturated heterocycles. The third-order valence-electron chi connectivity index (χ3n) is 6.28. The summed E-state index contributed by atoms with van der Waals surface area (Å²) in [6.07, 6.45) is 10.5. The third kappa shape index (κ3) is 6.82. The van der Waals surface area contributed by atoms with E-state index in [1.165, 1.54) is 29.5 Å². The number of ether oxygens (including phenoxy) is 1. The first kappa shape index (κ1) is 27.0. The number of fused-ring (bicyclic) bond motifs is 1. The van der Waals surface area contributed by atoms with Gasteiger partial charge in [-0.1, -0.05) is 44.0 Å². The van der Waals surface area contributed by atoms with Crippen molar-refractivity contribution >= 4 is 34.0 Å². The van der Waals surface area contributed by atoms with Gasteiger partial charge in [-0.25, -0.2) is 0 Å². The van der Waals surface area contributed by atoms with Crippen molar-refractivity contribution < 1.29 is 9.53 Å². The molecule has 37 heavy (non-hydrogen) atoms. The number of anilines is 1. The smallest absolute Gasteiger partial charge is 0.235 e. The Morgan fingerprint density at radius 2 is 2.03 bits per heavy atom. The van der Waals surface area contributed by atoms with Crippen molar-refractivity contribution in [3.8, 4) is 23.2 Å². The summed E-state index contributed by atoms with van der Waals surface area (Å²) in [5, 5.41) is 22.8. The Labute approximate surface area is 226 Å². The van der Waals surface area contributed by atoms with Gasteiger partial charge in [0.1, 0.15) is 16.8 Å². The Balaban J connectivity index is 1.43. The average molecular weight is 536 g/mol. The van der Waals surface area contributed by atoms with Gasteiger partial charge in [0, 0.05) is 17.0 Å². The van der Waals surface area contributed by atoms with Gasteiger partial charge in [0.2, 0.25) is 5.91 Å². The maximum absolute atomic E-state index is 12.9. The standard InChI is InChI=1S/C28H33N5O2S2/c1-3-5-17-35-21-14-12-20(13-15-21)26-31-32-28(33(26)16-4-2)36-19-25(34)30-27-23(18-29)22-10-8-6-7-9-11-24(22)37-27/h4,12-15H,2-3,5-11,16-17,19H2,1H3,(H,30,34). The molecule has 0 radical (unpaired) electrons. The second-order valence-electron chi connectivity index (χ2n) is 9.00. The zero-order valence-electron chi connectivity index (χ0n) is 21.3. The molecule has 194 valence electrons. The van der Waals surface area contributed by atoms with Gasteiger partial charge < -0.3 is 10.1 Å². The van der Waals surface area contributed by atoms with Gasteiger partial charge in [-0.2, -0.15) is 5.26 Å². The fourth-order valence-electron chi connectivity index (χ4n) is 4.36. The SMILES string of the molecule is C=CCn1c(SCC(=O)Nc2sc3c(c2C#N)CCCCCC3)nnc1-c1ccc(OCCCC)cc1. The van der Waals surface area contributed by atoms with E-state index >= 15 is 0 Å². The number of hydrogen-bond donors (Lipinski definition) is 1. The van der Waals surface area contributed by atoms with Crippen LogP contribution >= 0.6 is 23.1 Å². The molecular formula is C28H33N5O2S2. The fourth-order valence-corrected chi connectivity index (χ4v) is 6.36. The monoisotopic (exact) mass is 535 g/mol. The number of nitrogens with one attached hydrogen (secondary N) is 1. The highest BCUT2D eigenvalue weighted by Crippen LogP contribution is 2.36. The highest BCUT2D eigenvalue weighted by molar-refractivity contribution is 7.99. The van der Waals surface area contributed by atoms with E-state index in [0.29, 0.717) is 34.7 Å². The number of thiophene rings is 1. The normalized spacial score (nSPS) is 13.2. The van der Waals surface area contributed by atoms with Crippen molar-refractivity contribution in [1.29, 1.82) is 5.26 Å². The number of rotatable bonds is 11. The lowest BCUT2D eigenvalue weighted by atomic mass is 9.97. The highest BCUT2D eigenvalue weighted by atomic mass is 32.2. The Hall–Kier alpha value is -3.09. The van der Waals surface area contributed by atoms with E-state index in [-0.39, 0.29) is 11.7 Å². The van der Waals surface area contributed by atoms with Gasteiger partial charge in [-0.05, 0) is 61.9 Å². The number of carbonyl (C=O) groups excluding carboxylic acids is 1. The maximum atomic E-state index is 12.9. The summed E-state index contributed by atoms with van der Waals surface area (Å²) in [5.41, 5.74) is 2.69. The van der Waals surface area contributed by atoms with E-state index in [1.54, 1.807) is 17.4 Å². The Morgan fingerprint density at radius 3 is 2.76 bits per heavy atom. The van der Waals surface area contributed by atoms with Crippen molar-refractivity contribution in [3.05, 3.63) is 52.9 Å². The summed E-state index contributed by atoms with van der Waals surface area (Å²) in [6.45, 7) is 7.23. The molecule has 3 aromatic rings. The summed E-state index contributed by atoms with van der Waals surface area (Å²) in [6, 6.07) is 10.2. The molecule has 1 N–H and O–H groups in total. The molecular weight excluding hydrogens is 502 g/mol. The quantitative estimate of drug-likeness (QED) is 0.168. The van der Waals surface area contributed by atoms with Crippen LogP contribution in [0.25, 0.3) is 11.4 Å². The summed E-state index contributed by atoms with van der Waals surface area (Å²) in [4.78, 5) is 14.1. The van der Waals surface area contributed by atoms with Crippen LogP contribution in [0.4, 0.5) is 5.00 Å². The molecule has 1 amide bonds. The minimum absolute atomic E-state index is 0.154. The van der Waals surface area contributed by atoms with Crippen LogP contribution in [0.5, 0.6) is 5.75 Å². The number of hydrogen-bond acceptors (Lipinski definition) is 7. The number of benzene rings is 1. The lowest BCUT2D eigenvalue weighted by Crippen LogP contribution is -2.14. The second-order valence-corrected chi connectivity index (χ2v) is 11.1. The van der Waals surface area contributed by atoms with Crippen LogP contribution < -0.4 is 10.1 Å². The maximum Gasteiger partial charge on any atom is 0.235 e. The topological polar surface area (TPSA) is 92.8 Å². The number of amides is 1. The molecule has 1 aliphatic rings. The van der Waals surface area contributed by atoms with E-state index in [9.17, 15) is 10.1 Å². The first-order valence-corrected chi connectivity index (χ1v) is 14.7. The lowest BCUT2D eigenvalue weighted by molar-refractivity contribution is -0.113. The molecule has 0 saturated carbocycles. The molecule has 1 aromatic carbocycles. The van der Waals surface area contributed by atoms with Gasteiger partial charge >= 0.3 is 0 Å². The van der Waals surface area contributed by atoms with Crippen molar-refractivity contribution in [3.63, 3.8) is 0 Å². The molecule has 0 bridgehead atoms. The molecule has 9 heteroatoms. The van der Waals surface area contributed by atoms with Crippen molar-refractivity contribution in [2.24, 2.45) is 0 Å². The largest absolute Gasteiger partial charge is 0.494 e. The predicted octanol–water partition coefficient (Wildman–Crippen LogP) is 6.63. The van der Waals surface area contributed by atoms with E-state index in [0.717, 1.165) is 55.4 Å². The van der Waals surface area contributed by atoms with Crippen LogP contribution in [0.15, 0.2) is 42.1 Å².